The minimum atomic E-state index is -0.137. The van der Waals surface area contributed by atoms with E-state index in [1.807, 2.05) is 10.7 Å². The van der Waals surface area contributed by atoms with E-state index in [1.165, 1.54) is 11.3 Å². The predicted molar refractivity (Wildman–Crippen MR) is 133 cm³/mol. The smallest absolute Gasteiger partial charge is 0.271 e. The Hall–Kier alpha value is -2.34. The number of piperazine rings is 1. The molecule has 1 aromatic heterocycles. The third-order valence-electron chi connectivity index (χ3n) is 6.12. The quantitative estimate of drug-likeness (QED) is 0.620. The molecule has 2 aromatic rings. The number of amides is 1. The van der Waals surface area contributed by atoms with E-state index >= 15 is 0 Å². The summed E-state index contributed by atoms with van der Waals surface area (Å²) in [7, 11) is 0. The van der Waals surface area contributed by atoms with Gasteiger partial charge < -0.3 is 10.2 Å². The molecule has 6 heteroatoms. The van der Waals surface area contributed by atoms with Gasteiger partial charge in [0.2, 0.25) is 0 Å². The lowest BCUT2D eigenvalue weighted by Crippen LogP contribution is -2.46. The number of benzene rings is 1. The summed E-state index contributed by atoms with van der Waals surface area (Å²) in [4.78, 5) is 17.6. The average molecular weight is 440 g/mol. The van der Waals surface area contributed by atoms with Gasteiger partial charge >= 0.3 is 0 Å². The molecule has 1 fully saturated rings. The van der Waals surface area contributed by atoms with Crippen LogP contribution < -0.4 is 10.2 Å². The molecule has 32 heavy (non-hydrogen) atoms. The number of aromatic nitrogens is 2. The zero-order chi connectivity index (χ0) is 23.3. The van der Waals surface area contributed by atoms with Gasteiger partial charge in [-0.05, 0) is 76.8 Å². The third-order valence-corrected chi connectivity index (χ3v) is 6.12. The highest BCUT2D eigenvalue weighted by molar-refractivity contribution is 5.92. The van der Waals surface area contributed by atoms with Crippen molar-refractivity contribution in [3.05, 3.63) is 47.3 Å². The number of unbranched alkanes of at least 4 members (excludes halogenated alkanes) is 1. The molecule has 0 bridgehead atoms. The fraction of sp³-hybridized carbons (Fsp3) is 0.615. The zero-order valence-corrected chi connectivity index (χ0v) is 20.8. The van der Waals surface area contributed by atoms with Crippen molar-refractivity contribution in [1.82, 2.24) is 20.0 Å². The first-order valence-electron chi connectivity index (χ1n) is 12.1. The first-order valence-corrected chi connectivity index (χ1v) is 12.1. The first kappa shape index (κ1) is 24.3. The van der Waals surface area contributed by atoms with Crippen molar-refractivity contribution in [3.8, 4) is 0 Å². The normalized spacial score (nSPS) is 15.4. The monoisotopic (exact) mass is 439 g/mol. The van der Waals surface area contributed by atoms with Crippen LogP contribution in [0.3, 0.4) is 0 Å². The van der Waals surface area contributed by atoms with Crippen LogP contribution in [0.5, 0.6) is 0 Å². The van der Waals surface area contributed by atoms with E-state index in [0.717, 1.165) is 51.3 Å². The number of carbonyl (C=O) groups is 1. The number of carbonyl (C=O) groups excluding carboxylic acids is 1. The van der Waals surface area contributed by atoms with Crippen LogP contribution in [-0.4, -0.2) is 59.9 Å². The first-order chi connectivity index (χ1) is 15.1. The Bertz CT molecular complexity index is 888. The molecule has 0 radical (unpaired) electrons. The van der Waals surface area contributed by atoms with Crippen molar-refractivity contribution in [3.63, 3.8) is 0 Å². The molecule has 1 N–H and O–H groups in total. The van der Waals surface area contributed by atoms with Crippen molar-refractivity contribution < 1.29 is 4.79 Å². The summed E-state index contributed by atoms with van der Waals surface area (Å²) in [6, 6.07) is 10.7. The van der Waals surface area contributed by atoms with Gasteiger partial charge in [0.1, 0.15) is 5.69 Å². The maximum absolute atomic E-state index is 12.6. The number of anilines is 1. The second-order valence-corrected chi connectivity index (χ2v) is 10.3. The van der Waals surface area contributed by atoms with Gasteiger partial charge in [0.05, 0.1) is 5.54 Å². The number of rotatable bonds is 8. The molecule has 2 heterocycles. The predicted octanol–water partition coefficient (Wildman–Crippen LogP) is 4.40. The van der Waals surface area contributed by atoms with E-state index in [0.29, 0.717) is 18.2 Å². The van der Waals surface area contributed by atoms with Crippen molar-refractivity contribution >= 4 is 11.6 Å². The molecule has 0 aliphatic carbocycles. The van der Waals surface area contributed by atoms with Crippen molar-refractivity contribution in [2.45, 2.75) is 65.8 Å². The van der Waals surface area contributed by atoms with Gasteiger partial charge in [0.15, 0.2) is 0 Å². The minimum Gasteiger partial charge on any atom is -0.369 e. The van der Waals surface area contributed by atoms with Gasteiger partial charge in [-0.15, -0.1) is 0 Å². The van der Waals surface area contributed by atoms with Crippen LogP contribution in [0, 0.1) is 6.92 Å². The largest absolute Gasteiger partial charge is 0.369 e. The lowest BCUT2D eigenvalue weighted by molar-refractivity contribution is 0.0946. The summed E-state index contributed by atoms with van der Waals surface area (Å²) >= 11 is 0. The second kappa shape index (κ2) is 10.5. The molecular weight excluding hydrogens is 398 g/mol. The number of nitrogens with one attached hydrogen (secondary N) is 1. The molecule has 176 valence electrons. The van der Waals surface area contributed by atoms with Gasteiger partial charge in [-0.2, -0.15) is 5.10 Å². The molecular formula is C26H41N5O. The van der Waals surface area contributed by atoms with Gasteiger partial charge in [-0.25, -0.2) is 0 Å². The molecule has 3 rings (SSSR count). The second-order valence-electron chi connectivity index (χ2n) is 10.3. The highest BCUT2D eigenvalue weighted by Crippen LogP contribution is 2.23. The molecule has 1 aromatic carbocycles. The van der Waals surface area contributed by atoms with Gasteiger partial charge in [0, 0.05) is 44.1 Å². The molecule has 1 aliphatic rings. The molecule has 6 nitrogen and oxygen atoms in total. The van der Waals surface area contributed by atoms with E-state index in [-0.39, 0.29) is 11.4 Å². The van der Waals surface area contributed by atoms with Crippen LogP contribution in [0.15, 0.2) is 30.3 Å². The van der Waals surface area contributed by atoms with Crippen LogP contribution in [0.4, 0.5) is 5.69 Å². The molecule has 0 atom stereocenters. The Balaban J connectivity index is 1.38. The molecule has 0 saturated carbocycles. The van der Waals surface area contributed by atoms with E-state index in [4.69, 9.17) is 0 Å². The molecule has 0 spiro atoms. The Morgan fingerprint density at radius 1 is 1.09 bits per heavy atom. The lowest BCUT2D eigenvalue weighted by Gasteiger charge is -2.36. The molecule has 0 unspecified atom stereocenters. The SMILES string of the molecule is Cc1cccc(N2CCN(CCCCNC(=O)c3cc(C(C)C)n(C(C)(C)C)n3)CC2)c1. The fourth-order valence-electron chi connectivity index (χ4n) is 4.26. The van der Waals surface area contributed by atoms with E-state index < -0.39 is 0 Å². The Labute approximate surface area is 194 Å². The fourth-order valence-corrected chi connectivity index (χ4v) is 4.26. The van der Waals surface area contributed by atoms with Crippen molar-refractivity contribution in [2.75, 3.05) is 44.2 Å². The van der Waals surface area contributed by atoms with Gasteiger partial charge in [0.25, 0.3) is 5.91 Å². The lowest BCUT2D eigenvalue weighted by atomic mass is 10.1. The van der Waals surface area contributed by atoms with Crippen LogP contribution >= 0.6 is 0 Å². The molecule has 1 aliphatic heterocycles. The minimum absolute atomic E-state index is 0.0679. The Morgan fingerprint density at radius 3 is 2.41 bits per heavy atom. The van der Waals surface area contributed by atoms with Crippen LogP contribution in [0.1, 0.15) is 75.1 Å². The summed E-state index contributed by atoms with van der Waals surface area (Å²) in [6.45, 7) is 18.9. The van der Waals surface area contributed by atoms with Crippen LogP contribution in [-0.2, 0) is 5.54 Å². The number of hydrogen-bond acceptors (Lipinski definition) is 4. The van der Waals surface area contributed by atoms with Gasteiger partial charge in [-0.3, -0.25) is 14.4 Å². The third kappa shape index (κ3) is 6.35. The Morgan fingerprint density at radius 2 is 1.81 bits per heavy atom. The molecule has 1 saturated heterocycles. The summed E-state index contributed by atoms with van der Waals surface area (Å²) in [5, 5.41) is 7.66. The standard InChI is InChI=1S/C26H41N5O/c1-20(2)24-19-23(28-31(24)26(4,5)6)25(32)27-12-7-8-13-29-14-16-30(17-15-29)22-11-9-10-21(3)18-22/h9-11,18-20H,7-8,12-17H2,1-6H3,(H,27,32). The maximum Gasteiger partial charge on any atom is 0.271 e. The summed E-state index contributed by atoms with van der Waals surface area (Å²) in [6.07, 6.45) is 2.08. The van der Waals surface area contributed by atoms with E-state index in [9.17, 15) is 4.79 Å². The zero-order valence-electron chi connectivity index (χ0n) is 20.8. The summed E-state index contributed by atoms with van der Waals surface area (Å²) in [5.41, 5.74) is 4.14. The summed E-state index contributed by atoms with van der Waals surface area (Å²) in [5.74, 6) is 0.260. The highest BCUT2D eigenvalue weighted by atomic mass is 16.1. The summed E-state index contributed by atoms with van der Waals surface area (Å²) < 4.78 is 1.99. The number of hydrogen-bond donors (Lipinski definition) is 1. The van der Waals surface area contributed by atoms with Crippen molar-refractivity contribution in [1.29, 1.82) is 0 Å². The van der Waals surface area contributed by atoms with Crippen LogP contribution in [0.2, 0.25) is 0 Å². The number of nitrogens with zero attached hydrogens (tertiary/aromatic N) is 4. The van der Waals surface area contributed by atoms with Gasteiger partial charge in [-0.1, -0.05) is 26.0 Å². The topological polar surface area (TPSA) is 53.4 Å². The number of aryl methyl sites for hydroxylation is 1. The van der Waals surface area contributed by atoms with Crippen LogP contribution in [0.25, 0.3) is 0 Å². The average Bonchev–Trinajstić information content (AvgIpc) is 3.20. The maximum atomic E-state index is 12.6. The van der Waals surface area contributed by atoms with E-state index in [2.05, 4.69) is 86.0 Å². The molecule has 1 amide bonds. The van der Waals surface area contributed by atoms with Crippen molar-refractivity contribution in [2.24, 2.45) is 0 Å². The Kier molecular flexibility index (Phi) is 7.99. The highest BCUT2D eigenvalue weighted by Gasteiger charge is 2.23. The van der Waals surface area contributed by atoms with E-state index in [1.54, 1.807) is 0 Å².